The summed E-state index contributed by atoms with van der Waals surface area (Å²) in [7, 11) is -4.06. The third-order valence-corrected chi connectivity index (χ3v) is 3.86. The lowest BCUT2D eigenvalue weighted by Crippen LogP contribution is -2.16. The zero-order valence-electron chi connectivity index (χ0n) is 10.5. The number of nitrogens with two attached hydrogens (primary N) is 1. The van der Waals surface area contributed by atoms with Crippen molar-refractivity contribution in [1.29, 1.82) is 0 Å². The van der Waals surface area contributed by atoms with Crippen LogP contribution in [0, 0.1) is 0 Å². The van der Waals surface area contributed by atoms with E-state index < -0.39 is 16.6 Å². The van der Waals surface area contributed by atoms with E-state index in [4.69, 9.17) is 5.73 Å². The number of alkyl halides is 2. The van der Waals surface area contributed by atoms with E-state index in [9.17, 15) is 17.2 Å². The fourth-order valence-corrected chi connectivity index (χ4v) is 2.71. The first kappa shape index (κ1) is 15.0. The molecule has 9 heteroatoms. The SMILES string of the molecule is Nc1ccncc1S(=O)(=O)Nc1ccccc1OC(F)F. The monoisotopic (exact) mass is 315 g/mol. The molecule has 0 saturated heterocycles. The molecule has 0 aliphatic heterocycles. The number of benzene rings is 1. The molecular formula is C12H11F2N3O3S. The van der Waals surface area contributed by atoms with E-state index in [-0.39, 0.29) is 22.0 Å². The Bertz CT molecular complexity index is 738. The summed E-state index contributed by atoms with van der Waals surface area (Å²) >= 11 is 0. The quantitative estimate of drug-likeness (QED) is 0.881. The lowest BCUT2D eigenvalue weighted by Gasteiger charge is -2.13. The molecule has 0 atom stereocenters. The number of nitrogens with one attached hydrogen (secondary N) is 1. The zero-order valence-corrected chi connectivity index (χ0v) is 11.3. The molecule has 112 valence electrons. The van der Waals surface area contributed by atoms with Gasteiger partial charge in [0.2, 0.25) is 0 Å². The highest BCUT2D eigenvalue weighted by Gasteiger charge is 2.20. The number of rotatable bonds is 5. The second kappa shape index (κ2) is 5.92. The summed E-state index contributed by atoms with van der Waals surface area (Å²) in [5.74, 6) is -0.293. The van der Waals surface area contributed by atoms with E-state index in [1.165, 1.54) is 36.5 Å². The van der Waals surface area contributed by atoms with Crippen molar-refractivity contribution >= 4 is 21.4 Å². The van der Waals surface area contributed by atoms with Gasteiger partial charge in [-0.15, -0.1) is 0 Å². The fraction of sp³-hybridized carbons (Fsp3) is 0.0833. The maximum absolute atomic E-state index is 12.3. The number of hydrogen-bond acceptors (Lipinski definition) is 5. The Morgan fingerprint density at radius 1 is 1.24 bits per heavy atom. The van der Waals surface area contributed by atoms with Crippen LogP contribution in [0.15, 0.2) is 47.6 Å². The molecule has 0 saturated carbocycles. The van der Waals surface area contributed by atoms with Crippen LogP contribution in [0.4, 0.5) is 20.2 Å². The molecule has 0 bridgehead atoms. The topological polar surface area (TPSA) is 94.3 Å². The summed E-state index contributed by atoms with van der Waals surface area (Å²) in [6.45, 7) is -3.07. The summed E-state index contributed by atoms with van der Waals surface area (Å²) in [6.07, 6.45) is 2.40. The molecule has 0 aliphatic carbocycles. The van der Waals surface area contributed by atoms with Crippen molar-refractivity contribution in [3.63, 3.8) is 0 Å². The Hall–Kier alpha value is -2.42. The van der Waals surface area contributed by atoms with Gasteiger partial charge in [0.15, 0.2) is 0 Å². The Morgan fingerprint density at radius 3 is 2.62 bits per heavy atom. The van der Waals surface area contributed by atoms with Gasteiger partial charge >= 0.3 is 6.61 Å². The molecule has 0 aliphatic rings. The Balaban J connectivity index is 2.36. The predicted molar refractivity (Wildman–Crippen MR) is 72.5 cm³/mol. The summed E-state index contributed by atoms with van der Waals surface area (Å²) in [4.78, 5) is 3.42. The molecule has 3 N–H and O–H groups in total. The van der Waals surface area contributed by atoms with Crippen LogP contribution < -0.4 is 15.2 Å². The van der Waals surface area contributed by atoms with E-state index in [0.29, 0.717) is 0 Å². The summed E-state index contributed by atoms with van der Waals surface area (Å²) in [5.41, 5.74) is 5.44. The van der Waals surface area contributed by atoms with Crippen LogP contribution in [-0.2, 0) is 10.0 Å². The molecule has 21 heavy (non-hydrogen) atoms. The molecule has 1 heterocycles. The first-order chi connectivity index (χ1) is 9.90. The average molecular weight is 315 g/mol. The molecule has 2 rings (SSSR count). The minimum atomic E-state index is -4.06. The number of pyridine rings is 1. The van der Waals surface area contributed by atoms with Crippen LogP contribution in [0.1, 0.15) is 0 Å². The van der Waals surface area contributed by atoms with Crippen molar-refractivity contribution in [3.8, 4) is 5.75 Å². The number of nitrogen functional groups attached to an aromatic ring is 1. The molecule has 1 aromatic carbocycles. The summed E-state index contributed by atoms with van der Waals surface area (Å²) in [5, 5.41) is 0. The number of nitrogens with zero attached hydrogens (tertiary/aromatic N) is 1. The second-order valence-electron chi connectivity index (χ2n) is 3.89. The third-order valence-electron chi connectivity index (χ3n) is 2.45. The molecule has 6 nitrogen and oxygen atoms in total. The van der Waals surface area contributed by atoms with E-state index >= 15 is 0 Å². The predicted octanol–water partition coefficient (Wildman–Crippen LogP) is 2.07. The molecule has 0 amide bonds. The normalized spacial score (nSPS) is 11.4. The standard InChI is InChI=1S/C12H11F2N3O3S/c13-12(14)20-10-4-2-1-3-9(10)17-21(18,19)11-7-16-6-5-8(11)15/h1-7,12,17H,(H2,15,16). The van der Waals surface area contributed by atoms with Gasteiger partial charge in [-0.1, -0.05) is 12.1 Å². The van der Waals surface area contributed by atoms with E-state index in [0.717, 1.165) is 6.20 Å². The molecule has 2 aromatic rings. The van der Waals surface area contributed by atoms with Crippen molar-refractivity contribution in [3.05, 3.63) is 42.7 Å². The van der Waals surface area contributed by atoms with Gasteiger partial charge in [0.25, 0.3) is 10.0 Å². The van der Waals surface area contributed by atoms with E-state index in [2.05, 4.69) is 14.4 Å². The smallest absolute Gasteiger partial charge is 0.387 e. The third kappa shape index (κ3) is 3.57. The number of para-hydroxylation sites is 2. The van der Waals surface area contributed by atoms with Crippen molar-refractivity contribution in [2.75, 3.05) is 10.5 Å². The van der Waals surface area contributed by atoms with Gasteiger partial charge < -0.3 is 10.5 Å². The first-order valence-corrected chi connectivity index (χ1v) is 7.14. The summed E-state index contributed by atoms with van der Waals surface area (Å²) in [6, 6.07) is 6.74. The van der Waals surface area contributed by atoms with Crippen molar-refractivity contribution in [2.45, 2.75) is 11.5 Å². The van der Waals surface area contributed by atoms with Gasteiger partial charge in [-0.2, -0.15) is 8.78 Å². The van der Waals surface area contributed by atoms with Gasteiger partial charge in [0.1, 0.15) is 10.6 Å². The van der Waals surface area contributed by atoms with Gasteiger partial charge in [-0.3, -0.25) is 9.71 Å². The second-order valence-corrected chi connectivity index (χ2v) is 5.54. The van der Waals surface area contributed by atoms with Gasteiger partial charge in [0.05, 0.1) is 11.4 Å². The van der Waals surface area contributed by atoms with Crippen LogP contribution in [0.25, 0.3) is 0 Å². The van der Waals surface area contributed by atoms with Crippen molar-refractivity contribution in [1.82, 2.24) is 4.98 Å². The van der Waals surface area contributed by atoms with Crippen LogP contribution in [0.5, 0.6) is 5.75 Å². The van der Waals surface area contributed by atoms with Gasteiger partial charge in [-0.05, 0) is 18.2 Å². The molecule has 0 fully saturated rings. The van der Waals surface area contributed by atoms with Crippen LogP contribution >= 0.6 is 0 Å². The van der Waals surface area contributed by atoms with Crippen LogP contribution in [0.3, 0.4) is 0 Å². The lowest BCUT2D eigenvalue weighted by molar-refractivity contribution is -0.0493. The largest absolute Gasteiger partial charge is 0.433 e. The molecule has 1 aromatic heterocycles. The minimum absolute atomic E-state index is 0.00948. The number of ether oxygens (including phenoxy) is 1. The molecule has 0 radical (unpaired) electrons. The molecule has 0 unspecified atom stereocenters. The highest BCUT2D eigenvalue weighted by molar-refractivity contribution is 7.92. The highest BCUT2D eigenvalue weighted by Crippen LogP contribution is 2.28. The van der Waals surface area contributed by atoms with Crippen molar-refractivity contribution in [2.24, 2.45) is 0 Å². The number of halogens is 2. The number of hydrogen-bond donors (Lipinski definition) is 2. The van der Waals surface area contributed by atoms with Crippen LogP contribution in [-0.4, -0.2) is 20.0 Å². The Morgan fingerprint density at radius 2 is 1.95 bits per heavy atom. The maximum atomic E-state index is 12.3. The Labute approximate surface area is 119 Å². The number of anilines is 2. The number of sulfonamides is 1. The lowest BCUT2D eigenvalue weighted by atomic mass is 10.3. The van der Waals surface area contributed by atoms with Crippen molar-refractivity contribution < 1.29 is 21.9 Å². The fourth-order valence-electron chi connectivity index (χ4n) is 1.56. The summed E-state index contributed by atoms with van der Waals surface area (Å²) < 4.78 is 55.3. The number of aromatic nitrogens is 1. The highest BCUT2D eigenvalue weighted by atomic mass is 32.2. The van der Waals surface area contributed by atoms with E-state index in [1.807, 2.05) is 0 Å². The first-order valence-electron chi connectivity index (χ1n) is 5.66. The van der Waals surface area contributed by atoms with E-state index in [1.54, 1.807) is 0 Å². The molecule has 0 spiro atoms. The van der Waals surface area contributed by atoms with Crippen LogP contribution in [0.2, 0.25) is 0 Å². The average Bonchev–Trinajstić information content (AvgIpc) is 2.40. The van der Waals surface area contributed by atoms with Gasteiger partial charge in [-0.25, -0.2) is 8.42 Å². The maximum Gasteiger partial charge on any atom is 0.387 e. The minimum Gasteiger partial charge on any atom is -0.433 e. The molecular weight excluding hydrogens is 304 g/mol. The Kier molecular flexibility index (Phi) is 4.22. The zero-order chi connectivity index (χ0) is 15.5. The van der Waals surface area contributed by atoms with Gasteiger partial charge in [0, 0.05) is 12.4 Å².